The number of fused-ring (bicyclic) bond motifs is 4. The number of aromatic nitrogens is 8. The number of ether oxygens (including phenoxy) is 10. The van der Waals surface area contributed by atoms with E-state index in [1.807, 2.05) is 84.2 Å². The Morgan fingerprint density at radius 3 is 1.23 bits per heavy atom. The summed E-state index contributed by atoms with van der Waals surface area (Å²) in [6.45, 7) is 67.6. The molecule has 2 unspecified atom stereocenters. The van der Waals surface area contributed by atoms with E-state index in [-0.39, 0.29) is 76.8 Å². The Morgan fingerprint density at radius 1 is 0.524 bits per heavy atom. The molecule has 2 atom stereocenters. The number of carbonyl (C=O) groups is 2. The summed E-state index contributed by atoms with van der Waals surface area (Å²) in [6, 6.07) is 15.6. The molecular formula is C94H149BrF2N12O12Si4Sn. The van der Waals surface area contributed by atoms with Crippen LogP contribution in [0.15, 0.2) is 94.7 Å². The first-order chi connectivity index (χ1) is 59.1. The summed E-state index contributed by atoms with van der Waals surface area (Å²) in [5, 5.41) is 17.4. The van der Waals surface area contributed by atoms with Crippen LogP contribution < -0.4 is 20.4 Å². The van der Waals surface area contributed by atoms with Crippen molar-refractivity contribution in [2.24, 2.45) is 10.8 Å². The number of hydrogen-bond acceptors (Lipinski definition) is 20. The number of rotatable bonds is 45. The number of pyridine rings is 2. The zero-order chi connectivity index (χ0) is 93.0. The average molecular weight is 1990 g/mol. The van der Waals surface area contributed by atoms with Gasteiger partial charge in [-0.05, 0) is 151 Å². The molecule has 8 heterocycles. The first kappa shape index (κ1) is 105. The van der Waals surface area contributed by atoms with E-state index in [1.165, 1.54) is 79.9 Å². The van der Waals surface area contributed by atoms with Crippen LogP contribution in [0.5, 0.6) is 0 Å². The fourth-order valence-electron chi connectivity index (χ4n) is 14.4. The van der Waals surface area contributed by atoms with Gasteiger partial charge >= 0.3 is 120 Å². The number of nitrogens with zero attached hydrogens (tertiary/aromatic N) is 10. The molecule has 2 aromatic carbocycles. The van der Waals surface area contributed by atoms with Crippen LogP contribution in [0.3, 0.4) is 0 Å². The second kappa shape index (κ2) is 46.3. The number of carbonyl (C=O) groups excluding carboxylic acids is 2. The van der Waals surface area contributed by atoms with Crippen LogP contribution in [0.2, 0.25) is 116 Å². The van der Waals surface area contributed by atoms with Crippen molar-refractivity contribution in [1.82, 2.24) is 49.8 Å². The molecule has 0 bridgehead atoms. The second-order valence-corrected chi connectivity index (χ2v) is 76.7. The number of nitrogens with one attached hydrogen (secondary N) is 2. The molecule has 10 rings (SSSR count). The maximum absolute atomic E-state index is 14.4. The van der Waals surface area contributed by atoms with Gasteiger partial charge < -0.3 is 63.1 Å². The van der Waals surface area contributed by atoms with E-state index in [1.54, 1.807) is 46.0 Å². The Bertz CT molecular complexity index is 4850. The molecule has 0 radical (unpaired) electrons. The number of anilines is 2. The molecule has 8 aromatic rings. The minimum atomic E-state index is -2.24. The summed E-state index contributed by atoms with van der Waals surface area (Å²) in [5.74, 6) is -1.06. The molecule has 2 saturated heterocycles. The number of hydrogen-bond donors (Lipinski definition) is 2. The van der Waals surface area contributed by atoms with Gasteiger partial charge in [-0.25, -0.2) is 18.7 Å². The molecule has 0 spiro atoms. The third-order valence-electron chi connectivity index (χ3n) is 22.8. The predicted molar refractivity (Wildman–Crippen MR) is 524 cm³/mol. The molecule has 0 aliphatic carbocycles. The minimum absolute atomic E-state index is 0.189. The third kappa shape index (κ3) is 30.2. The summed E-state index contributed by atoms with van der Waals surface area (Å²) in [6.07, 6.45) is 15.0. The zero-order valence-corrected chi connectivity index (χ0v) is 89.0. The largest absolute Gasteiger partial charge is 0.361 e. The van der Waals surface area contributed by atoms with Crippen molar-refractivity contribution < 1.29 is 65.7 Å². The van der Waals surface area contributed by atoms with Crippen LogP contribution in [0, 0.1) is 22.5 Å². The minimum Gasteiger partial charge on any atom is -0.361 e. The van der Waals surface area contributed by atoms with E-state index in [9.17, 15) is 18.4 Å². The van der Waals surface area contributed by atoms with Crippen molar-refractivity contribution in [1.29, 1.82) is 0 Å². The fourth-order valence-corrected chi connectivity index (χ4v) is 32.9. The van der Waals surface area contributed by atoms with Crippen molar-refractivity contribution in [2.75, 3.05) is 103 Å². The fraction of sp³-hybridized carbons (Fsp3) is 0.617. The Kier molecular flexibility index (Phi) is 38.6. The van der Waals surface area contributed by atoms with E-state index in [4.69, 9.17) is 67.5 Å². The molecule has 6 aromatic heterocycles. The Hall–Kier alpha value is -6.19. The maximum atomic E-state index is 14.4. The summed E-state index contributed by atoms with van der Waals surface area (Å²) in [5.41, 5.74) is 5.01. The summed E-state index contributed by atoms with van der Waals surface area (Å²) < 4.78 is 99.5. The van der Waals surface area contributed by atoms with Crippen LogP contribution in [0.4, 0.5) is 20.4 Å². The van der Waals surface area contributed by atoms with Crippen LogP contribution in [-0.4, -0.2) is 206 Å². The molecule has 24 nitrogen and oxygen atoms in total. The average Bonchev–Trinajstić information content (AvgIpc) is 1.56. The number of halogens is 3. The Morgan fingerprint density at radius 2 is 0.873 bits per heavy atom. The van der Waals surface area contributed by atoms with Gasteiger partial charge in [-0.15, -0.1) is 0 Å². The second-order valence-electron chi connectivity index (χ2n) is 40.3. The SMILES string of the molecule is C=C(OCC)c1c(C(C)NC(=O)C2(C)COC(C)(C)OC2)nc2c(-c3cnc4ccc(F)cc4c3)cnn2c1N(COCC[Si](C)(C)C)COCC[Si](C)(C)C.C=[C](OCC)[Sn]([CH2]CCC)([CH2]CCC)[CH2]CCC.CC(NC(=O)C1(C)COC(C)(C)OC1)c1nc2c(-c3cnc4ccc(F)cc4c3)cnn2c(N(COCC[Si](C)(C)C)COCC[Si](C)(C)C)c1Br. The first-order valence-corrected chi connectivity index (χ1v) is 68.5. The standard InChI is InChI=1S/C41H61FN6O6Si2.C37H54BrFN6O5Si2.C4H7O.3C4H9.Sn/c1-13-52-29(3)35-36(28(2)45-39(49)41(6)24-53-40(4,5)54-25-41)46-37-33(31-20-30-21-32(42)14-15-34(30)43-22-31)23-44-48(37)38(35)47(26-50-16-18-55(7,8)9)27-51-17-19-56(10,11)12;1-25(42-35(46)37(4)21-49-36(2,3)50-22-37)32-31(38)34(44(23-47-13-15-51(5,6)7)24-48-14-16-52(8,9)10)45-33(43-32)29(20-41-45)27-17-26-18-28(39)11-12-30(26)40-19-27;1-3-5-4-2;3*1-3-4-2;/h14-15,20-23,28H,3,13,16-19,24-27H2,1-2,4-12H3,(H,45,49);11-12,17-20,25H,13-16,21-24H2,1-10H3,(H,42,46);1,4H2,2H3;3*1,3-4H2,2H3;. The van der Waals surface area contributed by atoms with E-state index < -0.39 is 85.2 Å². The van der Waals surface area contributed by atoms with Crippen molar-refractivity contribution in [3.05, 3.63) is 123 Å². The third-order valence-corrected chi connectivity index (χ3v) is 45.4. The van der Waals surface area contributed by atoms with Crippen molar-refractivity contribution >= 4 is 129 Å². The van der Waals surface area contributed by atoms with Gasteiger partial charge in [0.1, 0.15) is 50.1 Å². The molecule has 32 heteroatoms. The van der Waals surface area contributed by atoms with Crippen molar-refractivity contribution in [3.63, 3.8) is 0 Å². The van der Waals surface area contributed by atoms with Gasteiger partial charge in [0.2, 0.25) is 11.8 Å². The van der Waals surface area contributed by atoms with E-state index in [2.05, 4.69) is 156 Å². The van der Waals surface area contributed by atoms with Gasteiger partial charge in [0, 0.05) is 104 Å². The van der Waals surface area contributed by atoms with Crippen molar-refractivity contribution in [3.8, 4) is 22.3 Å². The first-order valence-electron chi connectivity index (χ1n) is 45.3. The zero-order valence-electron chi connectivity index (χ0n) is 80.6. The van der Waals surface area contributed by atoms with Crippen LogP contribution >= 0.6 is 15.9 Å². The molecular weight excluding hydrogens is 1840 g/mol. The molecule has 0 saturated carbocycles. The summed E-state index contributed by atoms with van der Waals surface area (Å²) in [4.78, 5) is 51.5. The molecule has 2 N–H and O–H groups in total. The van der Waals surface area contributed by atoms with Crippen LogP contribution in [0.25, 0.3) is 61.1 Å². The monoisotopic (exact) mass is 1990 g/mol. The predicted octanol–water partition coefficient (Wildman–Crippen LogP) is 22.7. The maximum Gasteiger partial charge on any atom is 0.231 e. The molecule has 2 aliphatic rings. The van der Waals surface area contributed by atoms with Gasteiger partial charge in [0.15, 0.2) is 28.7 Å². The Labute approximate surface area is 766 Å². The smallest absolute Gasteiger partial charge is 0.231 e. The van der Waals surface area contributed by atoms with Gasteiger partial charge in [-0.1, -0.05) is 85.1 Å². The van der Waals surface area contributed by atoms with E-state index >= 15 is 0 Å². The van der Waals surface area contributed by atoms with E-state index in [0.717, 1.165) is 36.3 Å². The summed E-state index contributed by atoms with van der Waals surface area (Å²) in [7, 11) is -5.45. The van der Waals surface area contributed by atoms with Crippen LogP contribution in [0.1, 0.15) is 158 Å². The number of amides is 2. The quantitative estimate of drug-likeness (QED) is 0.0156. The normalized spacial score (nSPS) is 15.7. The number of benzene rings is 2. The molecule has 2 fully saturated rings. The molecule has 2 aliphatic heterocycles. The molecule has 126 heavy (non-hydrogen) atoms. The molecule has 2 amide bonds. The van der Waals surface area contributed by atoms with Gasteiger partial charge in [0.05, 0.1) is 101 Å². The van der Waals surface area contributed by atoms with Gasteiger partial charge in [0.25, 0.3) is 0 Å². The van der Waals surface area contributed by atoms with Gasteiger partial charge in [-0.3, -0.25) is 19.6 Å². The molecule has 698 valence electrons. The van der Waals surface area contributed by atoms with E-state index in [0.29, 0.717) is 122 Å². The Balaban J connectivity index is 0.000000262. The topological polar surface area (TPSA) is 243 Å². The summed E-state index contributed by atoms with van der Waals surface area (Å²) >= 11 is 1.65. The van der Waals surface area contributed by atoms with Crippen LogP contribution in [-0.2, 0) is 57.0 Å². The van der Waals surface area contributed by atoms with Gasteiger partial charge in [-0.2, -0.15) is 19.2 Å². The number of unbranched alkanes of at least 4 members (excludes halogenated alkanes) is 3. The van der Waals surface area contributed by atoms with Crippen molar-refractivity contribution in [2.45, 2.75) is 268 Å².